The van der Waals surface area contributed by atoms with Gasteiger partial charge in [-0.15, -0.1) is 0 Å². The smallest absolute Gasteiger partial charge is 0.300 e. The van der Waals surface area contributed by atoms with E-state index in [1.807, 2.05) is 0 Å². The molecule has 8 nitrogen and oxygen atoms in total. The number of rotatable bonds is 5. The lowest BCUT2D eigenvalue weighted by Gasteiger charge is -2.09. The fraction of sp³-hybridized carbons (Fsp3) is 0.118. The van der Waals surface area contributed by atoms with Crippen LogP contribution in [0.2, 0.25) is 0 Å². The quantitative estimate of drug-likeness (QED) is 0.486. The van der Waals surface area contributed by atoms with Crippen LogP contribution in [0.5, 0.6) is 5.75 Å². The second kappa shape index (κ2) is 7.79. The van der Waals surface area contributed by atoms with Gasteiger partial charge in [-0.3, -0.25) is 14.0 Å². The van der Waals surface area contributed by atoms with Crippen LogP contribution in [-0.4, -0.2) is 30.2 Å². The highest BCUT2D eigenvalue weighted by Gasteiger charge is 2.19. The molecule has 2 aromatic heterocycles. The second-order valence-electron chi connectivity index (χ2n) is 5.72. The zero-order valence-corrected chi connectivity index (χ0v) is 14.7. The Balaban J connectivity index is 1.87. The van der Waals surface area contributed by atoms with Crippen molar-refractivity contribution in [1.82, 2.24) is 14.7 Å². The van der Waals surface area contributed by atoms with Gasteiger partial charge in [0.15, 0.2) is 14.1 Å². The van der Waals surface area contributed by atoms with E-state index in [0.717, 1.165) is 4.40 Å². The molecule has 0 spiro atoms. The summed E-state index contributed by atoms with van der Waals surface area (Å²) < 4.78 is 13.9. The second-order valence-corrected chi connectivity index (χ2v) is 6.78. The molecule has 10 heteroatoms. The van der Waals surface area contributed by atoms with Gasteiger partial charge in [0.2, 0.25) is 5.75 Å². The van der Waals surface area contributed by atoms with Crippen LogP contribution in [0.3, 0.4) is 0 Å². The molecule has 1 aromatic carbocycles. The molecule has 0 aliphatic rings. The fourth-order valence-electron chi connectivity index (χ4n) is 2.46. The van der Waals surface area contributed by atoms with Crippen molar-refractivity contribution in [2.45, 2.75) is 12.7 Å². The summed E-state index contributed by atoms with van der Waals surface area (Å²) in [5, 5.41) is 12.6. The molecule has 0 atom stereocenters. The lowest BCUT2D eigenvalue weighted by atomic mass is 10.2. The number of halogens is 1. The molecule has 3 aromatic rings. The molecule has 0 saturated heterocycles. The lowest BCUT2D eigenvalue weighted by Crippen LogP contribution is -2.27. The Morgan fingerprint density at radius 2 is 1.81 bits per heavy atom. The third-order valence-corrected chi connectivity index (χ3v) is 4.41. The summed E-state index contributed by atoms with van der Waals surface area (Å²) in [6.45, 7) is 0.0646. The molecular formula is C17H15FN3O5P. The summed E-state index contributed by atoms with van der Waals surface area (Å²) in [6, 6.07) is 8.48. The highest BCUT2D eigenvalue weighted by atomic mass is 31.2. The van der Waals surface area contributed by atoms with Gasteiger partial charge >= 0.3 is 5.56 Å². The van der Waals surface area contributed by atoms with Gasteiger partial charge in [-0.1, -0.05) is 18.2 Å². The first-order valence-electron chi connectivity index (χ1n) is 7.77. The zero-order chi connectivity index (χ0) is 19.6. The molecule has 140 valence electrons. The molecule has 2 heterocycles. The van der Waals surface area contributed by atoms with Crippen LogP contribution in [0.1, 0.15) is 21.6 Å². The van der Waals surface area contributed by atoms with E-state index in [1.54, 1.807) is 6.07 Å². The number of nitrogens with zero attached hydrogens (tertiary/aromatic N) is 2. The standard InChI is InChI=1S/C17H15FN3O5P/c18-12-4-1-10(2-5-12)7-19-16(23)14-15(22)17(24)21-8-11(9-27(25)26)3-6-13(21)20-14/h1-6,8,22,25-26H,7,9H2,(H,19,23). The molecule has 0 aliphatic heterocycles. The summed E-state index contributed by atoms with van der Waals surface area (Å²) >= 11 is 0. The number of benzene rings is 1. The van der Waals surface area contributed by atoms with E-state index in [0.29, 0.717) is 11.1 Å². The van der Waals surface area contributed by atoms with Crippen molar-refractivity contribution in [3.63, 3.8) is 0 Å². The van der Waals surface area contributed by atoms with E-state index in [9.17, 15) is 19.1 Å². The van der Waals surface area contributed by atoms with Gasteiger partial charge in [-0.25, -0.2) is 9.37 Å². The maximum absolute atomic E-state index is 12.9. The molecular weight excluding hydrogens is 376 g/mol. The molecule has 0 fully saturated rings. The normalized spacial score (nSPS) is 11.1. The van der Waals surface area contributed by atoms with E-state index >= 15 is 0 Å². The number of carbonyl (C=O) groups is 1. The Hall–Kier alpha value is -2.87. The maximum Gasteiger partial charge on any atom is 0.300 e. The molecule has 0 unspecified atom stereocenters. The monoisotopic (exact) mass is 391 g/mol. The van der Waals surface area contributed by atoms with E-state index in [4.69, 9.17) is 9.79 Å². The van der Waals surface area contributed by atoms with Crippen LogP contribution in [0, 0.1) is 5.82 Å². The van der Waals surface area contributed by atoms with E-state index in [2.05, 4.69) is 10.3 Å². The minimum Gasteiger partial charge on any atom is -0.501 e. The molecule has 4 N–H and O–H groups in total. The van der Waals surface area contributed by atoms with Gasteiger partial charge in [0.05, 0.1) is 0 Å². The minimum atomic E-state index is -2.18. The number of fused-ring (bicyclic) bond motifs is 1. The fourth-order valence-corrected chi connectivity index (χ4v) is 2.97. The Labute approximate surface area is 153 Å². The maximum atomic E-state index is 12.9. The van der Waals surface area contributed by atoms with Crippen molar-refractivity contribution < 1.29 is 24.1 Å². The topological polar surface area (TPSA) is 124 Å². The molecule has 27 heavy (non-hydrogen) atoms. The number of hydrogen-bond donors (Lipinski definition) is 4. The molecule has 0 bridgehead atoms. The first-order chi connectivity index (χ1) is 12.8. The lowest BCUT2D eigenvalue weighted by molar-refractivity contribution is 0.0942. The van der Waals surface area contributed by atoms with Gasteiger partial charge in [-0.2, -0.15) is 0 Å². The Kier molecular flexibility index (Phi) is 5.46. The van der Waals surface area contributed by atoms with E-state index in [-0.39, 0.29) is 18.4 Å². The number of carbonyl (C=O) groups excluding carboxylic acids is 1. The summed E-state index contributed by atoms with van der Waals surface area (Å²) in [7, 11) is -2.18. The third-order valence-electron chi connectivity index (χ3n) is 3.77. The van der Waals surface area contributed by atoms with Crippen LogP contribution in [-0.2, 0) is 12.7 Å². The minimum absolute atomic E-state index is 0.0433. The Bertz CT molecular complexity index is 1050. The van der Waals surface area contributed by atoms with Crippen LogP contribution in [0.25, 0.3) is 5.65 Å². The van der Waals surface area contributed by atoms with Crippen molar-refractivity contribution in [2.24, 2.45) is 0 Å². The predicted molar refractivity (Wildman–Crippen MR) is 95.8 cm³/mol. The summed E-state index contributed by atoms with van der Waals surface area (Å²) in [5.41, 5.74) is -0.0598. The SMILES string of the molecule is O=C(NCc1ccc(F)cc1)c1nc2ccc(CP(O)O)cn2c(=O)c1O. The summed E-state index contributed by atoms with van der Waals surface area (Å²) in [5.74, 6) is -1.98. The number of nitrogens with one attached hydrogen (secondary N) is 1. The molecule has 0 aliphatic carbocycles. The van der Waals surface area contributed by atoms with E-state index < -0.39 is 37.1 Å². The highest BCUT2D eigenvalue weighted by Crippen LogP contribution is 2.28. The van der Waals surface area contributed by atoms with Crippen LogP contribution in [0.4, 0.5) is 4.39 Å². The molecule has 0 radical (unpaired) electrons. The molecule has 0 saturated carbocycles. The van der Waals surface area contributed by atoms with Crippen LogP contribution < -0.4 is 10.9 Å². The first-order valence-corrected chi connectivity index (χ1v) is 9.20. The van der Waals surface area contributed by atoms with E-state index in [1.165, 1.54) is 36.5 Å². The van der Waals surface area contributed by atoms with Gasteiger partial charge < -0.3 is 20.2 Å². The number of amides is 1. The summed E-state index contributed by atoms with van der Waals surface area (Å²) in [6.07, 6.45) is 1.28. The van der Waals surface area contributed by atoms with Crippen molar-refractivity contribution in [2.75, 3.05) is 0 Å². The highest BCUT2D eigenvalue weighted by molar-refractivity contribution is 7.44. The largest absolute Gasteiger partial charge is 0.501 e. The van der Waals surface area contributed by atoms with Crippen molar-refractivity contribution in [3.8, 4) is 5.75 Å². The Morgan fingerprint density at radius 3 is 2.48 bits per heavy atom. The van der Waals surface area contributed by atoms with Crippen molar-refractivity contribution in [3.05, 3.63) is 75.6 Å². The first kappa shape index (κ1) is 18.9. The molecule has 1 amide bonds. The van der Waals surface area contributed by atoms with Crippen LogP contribution in [0.15, 0.2) is 47.4 Å². The average molecular weight is 391 g/mol. The summed E-state index contributed by atoms with van der Waals surface area (Å²) in [4.78, 5) is 46.8. The van der Waals surface area contributed by atoms with Crippen LogP contribution >= 0.6 is 8.38 Å². The average Bonchev–Trinajstić information content (AvgIpc) is 2.64. The zero-order valence-electron chi connectivity index (χ0n) is 13.8. The van der Waals surface area contributed by atoms with Crippen molar-refractivity contribution in [1.29, 1.82) is 0 Å². The van der Waals surface area contributed by atoms with Gasteiger partial charge in [-0.05, 0) is 29.3 Å². The molecule has 3 rings (SSSR count). The number of aromatic nitrogens is 2. The third kappa shape index (κ3) is 4.28. The van der Waals surface area contributed by atoms with Crippen molar-refractivity contribution >= 4 is 19.9 Å². The van der Waals surface area contributed by atoms with Gasteiger partial charge in [0.25, 0.3) is 5.91 Å². The number of hydrogen-bond acceptors (Lipinski definition) is 6. The number of pyridine rings is 1. The predicted octanol–water partition coefficient (Wildman–Crippen LogP) is 1.27. The van der Waals surface area contributed by atoms with Gasteiger partial charge in [0, 0.05) is 18.9 Å². The van der Waals surface area contributed by atoms with Gasteiger partial charge in [0.1, 0.15) is 11.5 Å². The Morgan fingerprint density at radius 1 is 1.15 bits per heavy atom. The number of aromatic hydroxyl groups is 1.